The molecule has 0 spiro atoms. The first-order chi connectivity index (χ1) is 46.6. The van der Waals surface area contributed by atoms with Gasteiger partial charge in [0.15, 0.2) is 5.65 Å². The second kappa shape index (κ2) is 18.5. The second-order valence-electron chi connectivity index (χ2n) is 25.5. The topological polar surface area (TPSA) is 53.7 Å². The maximum Gasteiger partial charge on any atom is 0.165 e. The van der Waals surface area contributed by atoms with E-state index in [1.165, 1.54) is 110 Å². The van der Waals surface area contributed by atoms with Gasteiger partial charge in [-0.05, 0) is 203 Å². The first-order valence-electron chi connectivity index (χ1n) is 32.3. The van der Waals surface area contributed by atoms with Crippen molar-refractivity contribution in [2.24, 2.45) is 0 Å². The highest BCUT2D eigenvalue weighted by Crippen LogP contribution is 2.53. The van der Waals surface area contributed by atoms with Crippen LogP contribution in [0.5, 0.6) is 0 Å². The van der Waals surface area contributed by atoms with Gasteiger partial charge in [-0.3, -0.25) is 4.57 Å². The van der Waals surface area contributed by atoms with E-state index in [2.05, 4.69) is 299 Å². The molecule has 2 aliphatic rings. The maximum atomic E-state index is 6.93. The number of rotatable bonds is 6. The lowest BCUT2D eigenvalue weighted by atomic mass is 9.92. The molecule has 6 heteroatoms. The standard InChI is InChI=1S/C88H49N5O/c1-2-16-50(17-3-1)54-44-56(46-59(45-54)92-75-32-15-28-67-63-23-7-5-21-61(63)65-26-13-19-53-37-42-77(92)86(81(53)65)84(67)75)69-47-55(48-79-82(69)68-24-8-11-33-78(68)94-79)51-34-38-57(39-35-51)93-73-43-40-58(49-70(73)87-88(93)90-72-30-10-9-29-71(72)89-87)91-74-31-14-27-66-62-22-6-4-20-60(62)64-25-12-18-52-36-41-76(91)85(80(52)64)83(66)74/h1-49H. The summed E-state index contributed by atoms with van der Waals surface area (Å²) < 4.78 is 14.2. The van der Waals surface area contributed by atoms with Gasteiger partial charge in [0, 0.05) is 54.8 Å². The Hall–Kier alpha value is -12.6. The minimum absolute atomic E-state index is 0.805. The Morgan fingerprint density at radius 2 is 0.734 bits per heavy atom. The summed E-state index contributed by atoms with van der Waals surface area (Å²) >= 11 is 0. The number of fused-ring (bicyclic) bond motifs is 13. The molecular formula is C88H49N5O. The molecule has 0 atom stereocenters. The molecule has 0 N–H and O–H groups in total. The lowest BCUT2D eigenvalue weighted by molar-refractivity contribution is 0.669. The fraction of sp³-hybridized carbons (Fsp3) is 0. The van der Waals surface area contributed by atoms with Gasteiger partial charge in [0.2, 0.25) is 0 Å². The molecule has 6 nitrogen and oxygen atoms in total. The third-order valence-corrected chi connectivity index (χ3v) is 20.6. The van der Waals surface area contributed by atoms with Crippen molar-refractivity contribution in [3.05, 3.63) is 297 Å². The summed E-state index contributed by atoms with van der Waals surface area (Å²) in [5.41, 5.74) is 30.6. The summed E-state index contributed by atoms with van der Waals surface area (Å²) in [6.07, 6.45) is 0. The normalized spacial score (nSPS) is 12.5. The van der Waals surface area contributed by atoms with Crippen molar-refractivity contribution < 1.29 is 4.42 Å². The highest BCUT2D eigenvalue weighted by Gasteiger charge is 2.29. The molecule has 20 aromatic rings. The molecule has 0 aliphatic heterocycles. The van der Waals surface area contributed by atoms with Gasteiger partial charge in [0.05, 0.1) is 38.6 Å². The van der Waals surface area contributed by atoms with Gasteiger partial charge >= 0.3 is 0 Å². The zero-order chi connectivity index (χ0) is 61.0. The first kappa shape index (κ1) is 50.1. The molecule has 22 rings (SSSR count). The molecule has 0 saturated carbocycles. The zero-order valence-corrected chi connectivity index (χ0v) is 50.4. The molecule has 94 heavy (non-hydrogen) atoms. The average molecular weight is 1190 g/mol. The molecule has 0 unspecified atom stereocenters. The van der Waals surface area contributed by atoms with Crippen molar-refractivity contribution in [2.45, 2.75) is 0 Å². The van der Waals surface area contributed by atoms with Gasteiger partial charge in [0.25, 0.3) is 0 Å². The summed E-state index contributed by atoms with van der Waals surface area (Å²) in [5, 5.41) is 13.4. The summed E-state index contributed by atoms with van der Waals surface area (Å²) in [4.78, 5) is 10.9. The van der Waals surface area contributed by atoms with E-state index >= 15 is 0 Å². The van der Waals surface area contributed by atoms with E-state index in [0.717, 1.165) is 105 Å². The number of furan rings is 1. The average Bonchev–Trinajstić information content (AvgIpc) is 1.55. The minimum Gasteiger partial charge on any atom is -0.456 e. The van der Waals surface area contributed by atoms with E-state index in [1.807, 2.05) is 12.1 Å². The van der Waals surface area contributed by atoms with Crippen LogP contribution in [0.3, 0.4) is 0 Å². The van der Waals surface area contributed by atoms with E-state index in [9.17, 15) is 0 Å². The van der Waals surface area contributed by atoms with Crippen molar-refractivity contribution >= 4 is 120 Å². The molecule has 0 radical (unpaired) electrons. The molecule has 0 amide bonds. The summed E-state index contributed by atoms with van der Waals surface area (Å²) in [6, 6.07) is 109. The quantitative estimate of drug-likeness (QED) is 0.167. The molecule has 15 aromatic carbocycles. The third kappa shape index (κ3) is 6.77. The Bertz CT molecular complexity index is 6780. The van der Waals surface area contributed by atoms with Crippen LogP contribution in [0.25, 0.3) is 215 Å². The number of nitrogens with zero attached hydrogens (tertiary/aromatic N) is 5. The predicted octanol–water partition coefficient (Wildman–Crippen LogP) is 23.4. The predicted molar refractivity (Wildman–Crippen MR) is 390 cm³/mol. The van der Waals surface area contributed by atoms with Gasteiger partial charge in [-0.1, -0.05) is 194 Å². The van der Waals surface area contributed by atoms with Gasteiger partial charge in [0.1, 0.15) is 16.7 Å². The van der Waals surface area contributed by atoms with Crippen molar-refractivity contribution in [2.75, 3.05) is 0 Å². The molecule has 0 bridgehead atoms. The Balaban J connectivity index is 0.731. The van der Waals surface area contributed by atoms with Crippen LogP contribution in [-0.4, -0.2) is 23.7 Å². The molecular weight excluding hydrogens is 1140 g/mol. The summed E-state index contributed by atoms with van der Waals surface area (Å²) in [6.45, 7) is 0. The van der Waals surface area contributed by atoms with Crippen LogP contribution < -0.4 is 0 Å². The highest BCUT2D eigenvalue weighted by molar-refractivity contribution is 6.32. The monoisotopic (exact) mass is 1190 g/mol. The van der Waals surface area contributed by atoms with E-state index in [4.69, 9.17) is 14.4 Å². The number of aromatic nitrogens is 5. The van der Waals surface area contributed by atoms with Crippen LogP contribution in [0.4, 0.5) is 0 Å². The van der Waals surface area contributed by atoms with Crippen molar-refractivity contribution in [3.63, 3.8) is 0 Å². The highest BCUT2D eigenvalue weighted by atomic mass is 16.3. The number of benzene rings is 15. The Labute approximate surface area is 537 Å². The lowest BCUT2D eigenvalue weighted by Gasteiger charge is -2.17. The van der Waals surface area contributed by atoms with Gasteiger partial charge in [-0.15, -0.1) is 0 Å². The van der Waals surface area contributed by atoms with E-state index in [0.29, 0.717) is 0 Å². The Kier molecular flexibility index (Phi) is 9.87. The number of hydrogen-bond donors (Lipinski definition) is 0. The van der Waals surface area contributed by atoms with Crippen LogP contribution in [-0.2, 0) is 0 Å². The molecule has 5 aromatic heterocycles. The number of hydrogen-bond acceptors (Lipinski definition) is 3. The minimum atomic E-state index is 0.805. The first-order valence-corrected chi connectivity index (χ1v) is 32.3. The maximum absolute atomic E-state index is 6.93. The van der Waals surface area contributed by atoms with Crippen LogP contribution in [0.2, 0.25) is 0 Å². The van der Waals surface area contributed by atoms with Crippen LogP contribution >= 0.6 is 0 Å². The Morgan fingerprint density at radius 3 is 1.39 bits per heavy atom. The lowest BCUT2D eigenvalue weighted by Crippen LogP contribution is -1.98. The molecule has 0 fully saturated rings. The van der Waals surface area contributed by atoms with Gasteiger partial charge in [-0.2, -0.15) is 0 Å². The third-order valence-electron chi connectivity index (χ3n) is 20.6. The zero-order valence-electron chi connectivity index (χ0n) is 50.4. The largest absolute Gasteiger partial charge is 0.456 e. The molecule has 2 aliphatic carbocycles. The van der Waals surface area contributed by atoms with Crippen molar-refractivity contribution in [1.82, 2.24) is 23.7 Å². The SMILES string of the molecule is c1ccc(-c2cc(-c3cc(-c4ccc(-n5c6ccc(-n7c8cccc9c8c8c%10c(cccc%10ccc87)-c7ccccc7-9)cc6c6nc7ccccc7nc65)cc4)cc4oc5ccccc5c34)cc(-n3c4cccc5c4c4c6c(cccc6ccc43)-c3ccccc3-5)c2)cc1. The van der Waals surface area contributed by atoms with Crippen molar-refractivity contribution in [1.29, 1.82) is 0 Å². The van der Waals surface area contributed by atoms with E-state index in [-0.39, 0.29) is 0 Å². The number of para-hydroxylation sites is 3. The van der Waals surface area contributed by atoms with E-state index < -0.39 is 0 Å². The second-order valence-corrected chi connectivity index (χ2v) is 25.5. The fourth-order valence-electron chi connectivity index (χ4n) is 16.7. The van der Waals surface area contributed by atoms with Crippen LogP contribution in [0.1, 0.15) is 0 Å². The smallest absolute Gasteiger partial charge is 0.165 e. The van der Waals surface area contributed by atoms with E-state index in [1.54, 1.807) is 0 Å². The molecule has 0 saturated heterocycles. The summed E-state index contributed by atoms with van der Waals surface area (Å²) in [5.74, 6) is 0. The molecule has 432 valence electrons. The van der Waals surface area contributed by atoms with Crippen LogP contribution in [0, 0.1) is 0 Å². The summed E-state index contributed by atoms with van der Waals surface area (Å²) in [7, 11) is 0. The fourth-order valence-corrected chi connectivity index (χ4v) is 16.7. The van der Waals surface area contributed by atoms with Crippen LogP contribution in [0.15, 0.2) is 302 Å². The molecule has 5 heterocycles. The van der Waals surface area contributed by atoms with Crippen molar-refractivity contribution in [3.8, 4) is 95.0 Å². The van der Waals surface area contributed by atoms with Gasteiger partial charge < -0.3 is 13.6 Å². The Morgan fingerprint density at radius 1 is 0.234 bits per heavy atom. The van der Waals surface area contributed by atoms with Gasteiger partial charge in [-0.25, -0.2) is 9.97 Å².